The number of hydrogen-bond donors (Lipinski definition) is 0. The quantitative estimate of drug-likeness (QED) is 0.740. The molecule has 0 amide bonds. The average molecular weight is 228 g/mol. The van der Waals surface area contributed by atoms with Gasteiger partial charge in [0.15, 0.2) is 0 Å². The van der Waals surface area contributed by atoms with E-state index in [0.717, 1.165) is 6.07 Å². The van der Waals surface area contributed by atoms with Crippen LogP contribution in [0.15, 0.2) is 18.2 Å². The van der Waals surface area contributed by atoms with Gasteiger partial charge < -0.3 is 4.74 Å². The zero-order valence-electron chi connectivity index (χ0n) is 9.30. The van der Waals surface area contributed by atoms with Crippen molar-refractivity contribution in [1.29, 1.82) is 0 Å². The molecule has 0 fully saturated rings. The molecule has 0 N–H and O–H groups in total. The minimum absolute atomic E-state index is 0.0936. The Kier molecular flexibility index (Phi) is 4.40. The molecule has 0 aliphatic rings. The number of hydrogen-bond acceptors (Lipinski definition) is 2. The molecule has 0 aliphatic heterocycles. The van der Waals surface area contributed by atoms with Crippen LogP contribution in [0.3, 0.4) is 0 Å². The molecular formula is C12H14F2O2. The molecule has 1 aromatic carbocycles. The van der Waals surface area contributed by atoms with Crippen molar-refractivity contribution in [2.24, 2.45) is 0 Å². The number of rotatable bonds is 4. The van der Waals surface area contributed by atoms with Gasteiger partial charge in [0, 0.05) is 6.07 Å². The number of ether oxygens (including phenoxy) is 1. The summed E-state index contributed by atoms with van der Waals surface area (Å²) < 4.78 is 30.8. The lowest BCUT2D eigenvalue weighted by Gasteiger charge is -2.11. The van der Waals surface area contributed by atoms with Crippen LogP contribution in [-0.2, 0) is 9.53 Å². The molecular weight excluding hydrogens is 214 g/mol. The topological polar surface area (TPSA) is 26.3 Å². The molecule has 0 aliphatic carbocycles. The summed E-state index contributed by atoms with van der Waals surface area (Å²) in [5.74, 6) is -1.94. The smallest absolute Gasteiger partial charge is 0.306 e. The molecule has 0 saturated carbocycles. The lowest BCUT2D eigenvalue weighted by molar-refractivity contribution is -0.143. The van der Waals surface area contributed by atoms with Crippen LogP contribution >= 0.6 is 0 Å². The molecule has 1 atom stereocenters. The third kappa shape index (κ3) is 3.29. The first-order valence-corrected chi connectivity index (χ1v) is 5.15. The van der Waals surface area contributed by atoms with Crippen LogP contribution in [0.25, 0.3) is 0 Å². The maximum absolute atomic E-state index is 13.3. The number of carbonyl (C=O) groups is 1. The minimum Gasteiger partial charge on any atom is -0.466 e. The van der Waals surface area contributed by atoms with E-state index < -0.39 is 11.6 Å². The molecule has 1 unspecified atom stereocenters. The highest BCUT2D eigenvalue weighted by molar-refractivity contribution is 5.70. The minimum atomic E-state index is -0.628. The van der Waals surface area contributed by atoms with E-state index in [0.29, 0.717) is 12.2 Å². The predicted molar refractivity (Wildman–Crippen MR) is 56.0 cm³/mol. The van der Waals surface area contributed by atoms with Gasteiger partial charge in [0.05, 0.1) is 13.0 Å². The normalized spacial score (nSPS) is 12.2. The third-order valence-electron chi connectivity index (χ3n) is 2.27. The maximum Gasteiger partial charge on any atom is 0.306 e. The molecule has 4 heteroatoms. The molecule has 88 valence electrons. The highest BCUT2D eigenvalue weighted by Gasteiger charge is 2.15. The Labute approximate surface area is 93.2 Å². The standard InChI is InChI=1S/C12H14F2O2/c1-3-16-12(15)6-8(2)10-5-4-9(13)7-11(10)14/h4-5,7-8H,3,6H2,1-2H3. The van der Waals surface area contributed by atoms with Crippen molar-refractivity contribution < 1.29 is 18.3 Å². The fraction of sp³-hybridized carbons (Fsp3) is 0.417. The largest absolute Gasteiger partial charge is 0.466 e. The summed E-state index contributed by atoms with van der Waals surface area (Å²) in [6, 6.07) is 3.35. The van der Waals surface area contributed by atoms with Crippen molar-refractivity contribution in [3.8, 4) is 0 Å². The Morgan fingerprint density at radius 3 is 2.69 bits per heavy atom. The first-order chi connectivity index (χ1) is 7.54. The van der Waals surface area contributed by atoms with Crippen molar-refractivity contribution in [1.82, 2.24) is 0 Å². The molecule has 2 nitrogen and oxygen atoms in total. The first-order valence-electron chi connectivity index (χ1n) is 5.15. The Morgan fingerprint density at radius 2 is 2.12 bits per heavy atom. The number of halogens is 2. The summed E-state index contributed by atoms with van der Waals surface area (Å²) in [6.45, 7) is 3.71. The number of benzene rings is 1. The molecule has 16 heavy (non-hydrogen) atoms. The van der Waals surface area contributed by atoms with E-state index in [1.54, 1.807) is 13.8 Å². The molecule has 1 aromatic rings. The van der Waals surface area contributed by atoms with E-state index in [4.69, 9.17) is 4.74 Å². The van der Waals surface area contributed by atoms with Gasteiger partial charge in [0.25, 0.3) is 0 Å². The summed E-state index contributed by atoms with van der Waals surface area (Å²) in [4.78, 5) is 11.2. The first kappa shape index (κ1) is 12.6. The zero-order chi connectivity index (χ0) is 12.1. The van der Waals surface area contributed by atoms with Crippen molar-refractivity contribution >= 4 is 5.97 Å². The van der Waals surface area contributed by atoms with Crippen LogP contribution in [-0.4, -0.2) is 12.6 Å². The van der Waals surface area contributed by atoms with Gasteiger partial charge in [-0.1, -0.05) is 13.0 Å². The second kappa shape index (κ2) is 5.58. The van der Waals surface area contributed by atoms with Gasteiger partial charge in [-0.25, -0.2) is 8.78 Å². The number of esters is 1. The van der Waals surface area contributed by atoms with Gasteiger partial charge in [0.1, 0.15) is 11.6 Å². The summed E-state index contributed by atoms with van der Waals surface area (Å²) in [6.07, 6.45) is 0.0936. The van der Waals surface area contributed by atoms with Gasteiger partial charge in [-0.2, -0.15) is 0 Å². The molecule has 0 aromatic heterocycles. The lowest BCUT2D eigenvalue weighted by Crippen LogP contribution is -2.09. The number of carbonyl (C=O) groups excluding carboxylic acids is 1. The summed E-state index contributed by atoms with van der Waals surface area (Å²) in [5.41, 5.74) is 0.328. The Hall–Kier alpha value is -1.45. The van der Waals surface area contributed by atoms with Crippen LogP contribution in [0.5, 0.6) is 0 Å². The van der Waals surface area contributed by atoms with Crippen molar-refractivity contribution in [2.75, 3.05) is 6.61 Å². The second-order valence-electron chi connectivity index (χ2n) is 3.58. The van der Waals surface area contributed by atoms with E-state index >= 15 is 0 Å². The zero-order valence-corrected chi connectivity index (χ0v) is 9.30. The van der Waals surface area contributed by atoms with Crippen LogP contribution in [0.4, 0.5) is 8.78 Å². The highest BCUT2D eigenvalue weighted by Crippen LogP contribution is 2.23. The second-order valence-corrected chi connectivity index (χ2v) is 3.58. The average Bonchev–Trinajstić information content (AvgIpc) is 2.17. The fourth-order valence-corrected chi connectivity index (χ4v) is 1.48. The summed E-state index contributed by atoms with van der Waals surface area (Å²) in [5, 5.41) is 0. The Bertz CT molecular complexity index is 377. The third-order valence-corrected chi connectivity index (χ3v) is 2.27. The fourth-order valence-electron chi connectivity index (χ4n) is 1.48. The molecule has 0 radical (unpaired) electrons. The summed E-state index contributed by atoms with van der Waals surface area (Å²) >= 11 is 0. The van der Waals surface area contributed by atoms with Crippen molar-refractivity contribution in [2.45, 2.75) is 26.2 Å². The predicted octanol–water partition coefficient (Wildman–Crippen LogP) is 3.02. The summed E-state index contributed by atoms with van der Waals surface area (Å²) in [7, 11) is 0. The van der Waals surface area contributed by atoms with Crippen LogP contribution in [0.2, 0.25) is 0 Å². The van der Waals surface area contributed by atoms with Gasteiger partial charge >= 0.3 is 5.97 Å². The van der Waals surface area contributed by atoms with E-state index in [2.05, 4.69) is 0 Å². The van der Waals surface area contributed by atoms with E-state index in [1.807, 2.05) is 0 Å². The van der Waals surface area contributed by atoms with Crippen LogP contribution < -0.4 is 0 Å². The van der Waals surface area contributed by atoms with Crippen LogP contribution in [0.1, 0.15) is 31.7 Å². The van der Waals surface area contributed by atoms with Crippen LogP contribution in [0, 0.1) is 11.6 Å². The lowest BCUT2D eigenvalue weighted by atomic mass is 9.97. The Balaban J connectivity index is 2.72. The molecule has 1 rings (SSSR count). The van der Waals surface area contributed by atoms with E-state index in [1.165, 1.54) is 12.1 Å². The Morgan fingerprint density at radius 1 is 1.44 bits per heavy atom. The highest BCUT2D eigenvalue weighted by atomic mass is 19.1. The SMILES string of the molecule is CCOC(=O)CC(C)c1ccc(F)cc1F. The van der Waals surface area contributed by atoms with Gasteiger partial charge in [-0.05, 0) is 24.5 Å². The van der Waals surface area contributed by atoms with Gasteiger partial charge in [-0.3, -0.25) is 4.79 Å². The van der Waals surface area contributed by atoms with Gasteiger partial charge in [0.2, 0.25) is 0 Å². The molecule has 0 heterocycles. The molecule has 0 spiro atoms. The van der Waals surface area contributed by atoms with E-state index in [9.17, 15) is 13.6 Å². The molecule has 0 saturated heterocycles. The van der Waals surface area contributed by atoms with Gasteiger partial charge in [-0.15, -0.1) is 0 Å². The maximum atomic E-state index is 13.3. The van der Waals surface area contributed by atoms with E-state index in [-0.39, 0.29) is 18.3 Å². The van der Waals surface area contributed by atoms with Crippen molar-refractivity contribution in [3.63, 3.8) is 0 Å². The van der Waals surface area contributed by atoms with Crippen molar-refractivity contribution in [3.05, 3.63) is 35.4 Å². The molecule has 0 bridgehead atoms. The monoisotopic (exact) mass is 228 g/mol.